The molecule has 1 fully saturated rings. The first-order chi connectivity index (χ1) is 9.68. The van der Waals surface area contributed by atoms with Crippen molar-refractivity contribution in [3.8, 4) is 0 Å². The minimum Gasteiger partial charge on any atom is -0.212 e. The van der Waals surface area contributed by atoms with Gasteiger partial charge in [0.15, 0.2) is 0 Å². The average molecular weight is 393 g/mol. The van der Waals surface area contributed by atoms with Crippen LogP contribution >= 0.6 is 34.5 Å². The Morgan fingerprint density at radius 2 is 1.62 bits per heavy atom. The van der Waals surface area contributed by atoms with Crippen LogP contribution in [0, 0.1) is 0 Å². The van der Waals surface area contributed by atoms with Crippen molar-refractivity contribution in [3.63, 3.8) is 0 Å². The zero-order valence-corrected chi connectivity index (χ0v) is 15.1. The normalized spacial score (nSPS) is 19.0. The molecule has 11 heteroatoms. The van der Waals surface area contributed by atoms with Gasteiger partial charge in [0.2, 0.25) is 20.0 Å². The predicted octanol–water partition coefficient (Wildman–Crippen LogP) is 1.71. The van der Waals surface area contributed by atoms with E-state index < -0.39 is 20.0 Å². The molecule has 0 radical (unpaired) electrons. The van der Waals surface area contributed by atoms with Gasteiger partial charge >= 0.3 is 0 Å². The smallest absolute Gasteiger partial charge is 0.212 e. The lowest BCUT2D eigenvalue weighted by atomic mass is 10.4. The van der Waals surface area contributed by atoms with Crippen LogP contribution in [0.15, 0.2) is 11.0 Å². The van der Waals surface area contributed by atoms with Crippen LogP contribution in [0.2, 0.25) is 8.67 Å². The standard InChI is InChI=1S/C10H14Cl2N2O4S3/c1-2-20(15,16)13-3-5-14(6-4-13)21(17,18)8-7-9(11)19-10(8)12/h7H,2-6H2,1H3. The molecule has 0 unspecified atom stereocenters. The summed E-state index contributed by atoms with van der Waals surface area (Å²) >= 11 is 12.7. The summed E-state index contributed by atoms with van der Waals surface area (Å²) in [5.41, 5.74) is 0. The van der Waals surface area contributed by atoms with E-state index in [0.29, 0.717) is 4.34 Å². The highest BCUT2D eigenvalue weighted by molar-refractivity contribution is 7.89. The van der Waals surface area contributed by atoms with Crippen molar-refractivity contribution >= 4 is 54.6 Å². The van der Waals surface area contributed by atoms with Gasteiger partial charge in [0, 0.05) is 26.2 Å². The number of sulfonamides is 2. The van der Waals surface area contributed by atoms with E-state index in [0.717, 1.165) is 11.3 Å². The molecule has 0 aliphatic carbocycles. The summed E-state index contributed by atoms with van der Waals surface area (Å²) in [7, 11) is -7.03. The second-order valence-electron chi connectivity index (χ2n) is 4.39. The lowest BCUT2D eigenvalue weighted by Gasteiger charge is -2.32. The number of nitrogens with zero attached hydrogens (tertiary/aromatic N) is 2. The van der Waals surface area contributed by atoms with E-state index in [4.69, 9.17) is 23.2 Å². The minimum atomic E-state index is -3.74. The molecule has 2 heterocycles. The highest BCUT2D eigenvalue weighted by Crippen LogP contribution is 2.36. The molecule has 1 saturated heterocycles. The summed E-state index contributed by atoms with van der Waals surface area (Å²) in [6.45, 7) is 2.05. The summed E-state index contributed by atoms with van der Waals surface area (Å²) in [5, 5.41) is 0. The Hall–Kier alpha value is 0.1000. The maximum Gasteiger partial charge on any atom is 0.245 e. The average Bonchev–Trinajstić information content (AvgIpc) is 2.78. The van der Waals surface area contributed by atoms with Gasteiger partial charge in [0.05, 0.1) is 10.1 Å². The van der Waals surface area contributed by atoms with E-state index in [1.54, 1.807) is 6.92 Å². The zero-order chi connectivity index (χ0) is 15.8. The first kappa shape index (κ1) is 17.5. The number of halogens is 2. The molecule has 0 spiro atoms. The number of rotatable bonds is 4. The van der Waals surface area contributed by atoms with Crippen molar-refractivity contribution in [3.05, 3.63) is 14.7 Å². The highest BCUT2D eigenvalue weighted by atomic mass is 35.5. The second-order valence-corrected chi connectivity index (χ2v) is 10.8. The van der Waals surface area contributed by atoms with Crippen molar-refractivity contribution in [2.45, 2.75) is 11.8 Å². The zero-order valence-electron chi connectivity index (χ0n) is 11.1. The first-order valence-electron chi connectivity index (χ1n) is 6.11. The fraction of sp³-hybridized carbons (Fsp3) is 0.600. The number of hydrogen-bond acceptors (Lipinski definition) is 5. The fourth-order valence-corrected chi connectivity index (χ4v) is 6.63. The van der Waals surface area contributed by atoms with Gasteiger partial charge in [-0.25, -0.2) is 16.8 Å². The molecule has 0 atom stereocenters. The van der Waals surface area contributed by atoms with Crippen LogP contribution in [0.4, 0.5) is 0 Å². The Kier molecular flexibility index (Phi) is 5.24. The van der Waals surface area contributed by atoms with Crippen LogP contribution in [0.5, 0.6) is 0 Å². The third kappa shape index (κ3) is 3.54. The molecule has 1 aromatic heterocycles. The predicted molar refractivity (Wildman–Crippen MR) is 84.1 cm³/mol. The lowest BCUT2D eigenvalue weighted by Crippen LogP contribution is -2.50. The molecule has 0 bridgehead atoms. The van der Waals surface area contributed by atoms with Crippen LogP contribution in [0.25, 0.3) is 0 Å². The monoisotopic (exact) mass is 392 g/mol. The highest BCUT2D eigenvalue weighted by Gasteiger charge is 2.34. The van der Waals surface area contributed by atoms with Crippen LogP contribution in [0.1, 0.15) is 6.92 Å². The molecule has 1 aliphatic heterocycles. The molecule has 0 amide bonds. The number of thiophene rings is 1. The molecule has 1 aliphatic rings. The van der Waals surface area contributed by atoms with E-state index in [-0.39, 0.29) is 41.2 Å². The second kappa shape index (κ2) is 6.31. The Morgan fingerprint density at radius 3 is 2.05 bits per heavy atom. The molecule has 0 N–H and O–H groups in total. The maximum atomic E-state index is 12.5. The van der Waals surface area contributed by atoms with Gasteiger partial charge in [-0.1, -0.05) is 23.2 Å². The van der Waals surface area contributed by atoms with Gasteiger partial charge in [0.1, 0.15) is 9.23 Å². The van der Waals surface area contributed by atoms with Gasteiger partial charge in [-0.3, -0.25) is 0 Å². The molecule has 6 nitrogen and oxygen atoms in total. The van der Waals surface area contributed by atoms with Crippen molar-refractivity contribution in [1.82, 2.24) is 8.61 Å². The molecule has 0 aromatic carbocycles. The molecular weight excluding hydrogens is 379 g/mol. The molecule has 0 saturated carbocycles. The minimum absolute atomic E-state index is 0.00567. The van der Waals surface area contributed by atoms with E-state index in [9.17, 15) is 16.8 Å². The van der Waals surface area contributed by atoms with Gasteiger partial charge < -0.3 is 0 Å². The largest absolute Gasteiger partial charge is 0.245 e. The Bertz CT molecular complexity index is 721. The van der Waals surface area contributed by atoms with Crippen LogP contribution in [0.3, 0.4) is 0 Å². The summed E-state index contributed by atoms with van der Waals surface area (Å²) in [4.78, 5) is -0.0223. The van der Waals surface area contributed by atoms with E-state index >= 15 is 0 Å². The van der Waals surface area contributed by atoms with Crippen molar-refractivity contribution in [1.29, 1.82) is 0 Å². The first-order valence-corrected chi connectivity index (χ1v) is 10.7. The van der Waals surface area contributed by atoms with Gasteiger partial charge in [-0.05, 0) is 13.0 Å². The Labute approximate surface area is 138 Å². The van der Waals surface area contributed by atoms with Crippen LogP contribution in [-0.2, 0) is 20.0 Å². The van der Waals surface area contributed by atoms with Crippen LogP contribution < -0.4 is 0 Å². The Morgan fingerprint density at radius 1 is 1.10 bits per heavy atom. The molecular formula is C10H14Cl2N2O4S3. The fourth-order valence-electron chi connectivity index (χ4n) is 2.01. The van der Waals surface area contributed by atoms with Gasteiger partial charge in [-0.2, -0.15) is 8.61 Å². The number of piperazine rings is 1. The summed E-state index contributed by atoms with van der Waals surface area (Å²) in [6, 6.07) is 1.32. The van der Waals surface area contributed by atoms with Gasteiger partial charge in [0.25, 0.3) is 0 Å². The quantitative estimate of drug-likeness (QED) is 0.781. The molecule has 1 aromatic rings. The van der Waals surface area contributed by atoms with Crippen molar-refractivity contribution in [2.24, 2.45) is 0 Å². The third-order valence-electron chi connectivity index (χ3n) is 3.20. The maximum absolute atomic E-state index is 12.5. The van der Waals surface area contributed by atoms with Crippen LogP contribution in [-0.4, -0.2) is 57.4 Å². The third-order valence-corrected chi connectivity index (χ3v) is 8.73. The number of hydrogen-bond donors (Lipinski definition) is 0. The topological polar surface area (TPSA) is 74.8 Å². The van der Waals surface area contributed by atoms with Gasteiger partial charge in [-0.15, -0.1) is 11.3 Å². The van der Waals surface area contributed by atoms with Crippen molar-refractivity contribution < 1.29 is 16.8 Å². The van der Waals surface area contributed by atoms with E-state index in [1.165, 1.54) is 14.7 Å². The molecule has 120 valence electrons. The molecule has 2 rings (SSSR count). The Balaban J connectivity index is 2.17. The summed E-state index contributed by atoms with van der Waals surface area (Å²) in [6.07, 6.45) is 0. The summed E-state index contributed by atoms with van der Waals surface area (Å²) in [5.74, 6) is 0.00567. The SMILES string of the molecule is CCS(=O)(=O)N1CCN(S(=O)(=O)c2cc(Cl)sc2Cl)CC1. The summed E-state index contributed by atoms with van der Waals surface area (Å²) < 4.78 is 51.4. The van der Waals surface area contributed by atoms with Crippen molar-refractivity contribution in [2.75, 3.05) is 31.9 Å². The lowest BCUT2D eigenvalue weighted by molar-refractivity contribution is 0.273. The molecule has 21 heavy (non-hydrogen) atoms. The van der Waals surface area contributed by atoms with E-state index in [1.807, 2.05) is 0 Å². The van der Waals surface area contributed by atoms with E-state index in [2.05, 4.69) is 0 Å².